The zero-order chi connectivity index (χ0) is 15.0. The molecule has 0 bridgehead atoms. The van der Waals surface area contributed by atoms with Gasteiger partial charge in [0.2, 0.25) is 0 Å². The van der Waals surface area contributed by atoms with Gasteiger partial charge in [0.1, 0.15) is 10.6 Å². The van der Waals surface area contributed by atoms with Crippen molar-refractivity contribution in [3.63, 3.8) is 0 Å². The molecule has 2 aromatic carbocycles. The first-order chi connectivity index (χ1) is 10.1. The van der Waals surface area contributed by atoms with E-state index in [1.807, 2.05) is 30.3 Å². The van der Waals surface area contributed by atoms with E-state index in [2.05, 4.69) is 0 Å². The van der Waals surface area contributed by atoms with Gasteiger partial charge in [-0.3, -0.25) is 0 Å². The standard InChI is InChI=1S/C15H8Cl2O3S/c16-8-6-10-12(18)14(21-9-4-2-1-3-5-9)15(19)20-13(10)11(17)7-8/h1-7,18H. The molecule has 0 fully saturated rings. The van der Waals surface area contributed by atoms with Crippen LogP contribution in [0.2, 0.25) is 10.0 Å². The van der Waals surface area contributed by atoms with Crippen molar-refractivity contribution in [2.75, 3.05) is 0 Å². The van der Waals surface area contributed by atoms with Gasteiger partial charge in [0.25, 0.3) is 0 Å². The van der Waals surface area contributed by atoms with Crippen molar-refractivity contribution in [2.24, 2.45) is 0 Å². The van der Waals surface area contributed by atoms with E-state index < -0.39 is 5.63 Å². The van der Waals surface area contributed by atoms with Gasteiger partial charge in [0, 0.05) is 9.92 Å². The monoisotopic (exact) mass is 338 g/mol. The number of benzene rings is 2. The van der Waals surface area contributed by atoms with Crippen LogP contribution in [0.15, 0.2) is 61.5 Å². The summed E-state index contributed by atoms with van der Waals surface area (Å²) in [6.07, 6.45) is 0. The zero-order valence-corrected chi connectivity index (χ0v) is 12.8. The summed E-state index contributed by atoms with van der Waals surface area (Å²) in [6, 6.07) is 12.2. The molecule has 0 radical (unpaired) electrons. The minimum Gasteiger partial charge on any atom is -0.506 e. The van der Waals surface area contributed by atoms with Gasteiger partial charge in [-0.2, -0.15) is 0 Å². The Morgan fingerprint density at radius 2 is 1.81 bits per heavy atom. The Labute approximate surface area is 134 Å². The topological polar surface area (TPSA) is 50.4 Å². The van der Waals surface area contributed by atoms with E-state index in [0.717, 1.165) is 16.7 Å². The highest BCUT2D eigenvalue weighted by Gasteiger charge is 2.17. The van der Waals surface area contributed by atoms with E-state index >= 15 is 0 Å². The van der Waals surface area contributed by atoms with Crippen LogP contribution in [0.5, 0.6) is 5.75 Å². The van der Waals surface area contributed by atoms with E-state index in [1.54, 1.807) is 0 Å². The summed E-state index contributed by atoms with van der Waals surface area (Å²) in [5, 5.41) is 11.2. The fourth-order valence-electron chi connectivity index (χ4n) is 1.89. The van der Waals surface area contributed by atoms with Crippen LogP contribution in [-0.2, 0) is 0 Å². The maximum absolute atomic E-state index is 12.1. The van der Waals surface area contributed by atoms with Crippen LogP contribution in [0, 0.1) is 0 Å². The molecule has 1 heterocycles. The molecule has 0 unspecified atom stereocenters. The van der Waals surface area contributed by atoms with Gasteiger partial charge in [-0.25, -0.2) is 4.79 Å². The molecule has 0 atom stereocenters. The third-order valence-electron chi connectivity index (χ3n) is 2.82. The summed E-state index contributed by atoms with van der Waals surface area (Å²) >= 11 is 13.0. The SMILES string of the molecule is O=c1oc2c(Cl)cc(Cl)cc2c(O)c1Sc1ccccc1. The molecule has 0 saturated heterocycles. The summed E-state index contributed by atoms with van der Waals surface area (Å²) in [6.45, 7) is 0. The van der Waals surface area contributed by atoms with Gasteiger partial charge in [-0.05, 0) is 24.3 Å². The lowest BCUT2D eigenvalue weighted by atomic mass is 10.2. The van der Waals surface area contributed by atoms with Gasteiger partial charge in [0.15, 0.2) is 5.58 Å². The fourth-order valence-corrected chi connectivity index (χ4v) is 3.29. The number of hydrogen-bond acceptors (Lipinski definition) is 4. The lowest BCUT2D eigenvalue weighted by molar-refractivity contribution is 0.447. The van der Waals surface area contributed by atoms with Gasteiger partial charge >= 0.3 is 5.63 Å². The van der Waals surface area contributed by atoms with E-state index in [-0.39, 0.29) is 21.3 Å². The first-order valence-electron chi connectivity index (χ1n) is 5.94. The molecule has 3 rings (SSSR count). The molecule has 6 heteroatoms. The Bertz CT molecular complexity index is 875. The van der Waals surface area contributed by atoms with Gasteiger partial charge < -0.3 is 9.52 Å². The molecule has 106 valence electrons. The Hall–Kier alpha value is -1.62. The Kier molecular flexibility index (Phi) is 3.85. The molecular formula is C15H8Cl2O3S. The molecule has 0 aliphatic heterocycles. The number of rotatable bonds is 2. The molecule has 0 aliphatic rings. The molecule has 1 N–H and O–H groups in total. The van der Waals surface area contributed by atoms with Crippen molar-refractivity contribution < 1.29 is 9.52 Å². The highest BCUT2D eigenvalue weighted by molar-refractivity contribution is 7.99. The predicted molar refractivity (Wildman–Crippen MR) is 84.7 cm³/mol. The van der Waals surface area contributed by atoms with Gasteiger partial charge in [-0.1, -0.05) is 53.2 Å². The van der Waals surface area contributed by atoms with Crippen LogP contribution >= 0.6 is 35.0 Å². The van der Waals surface area contributed by atoms with E-state index in [4.69, 9.17) is 27.6 Å². The second-order valence-corrected chi connectivity index (χ2v) is 6.17. The first kappa shape index (κ1) is 14.3. The molecule has 0 amide bonds. The summed E-state index contributed by atoms with van der Waals surface area (Å²) in [4.78, 5) is 13.0. The maximum atomic E-state index is 12.1. The molecule has 3 aromatic rings. The molecule has 1 aromatic heterocycles. The van der Waals surface area contributed by atoms with Crippen LogP contribution in [0.4, 0.5) is 0 Å². The summed E-state index contributed by atoms with van der Waals surface area (Å²) < 4.78 is 5.20. The number of fused-ring (bicyclic) bond motifs is 1. The molecule has 0 saturated carbocycles. The Morgan fingerprint density at radius 1 is 1.10 bits per heavy atom. The van der Waals surface area contributed by atoms with Crippen molar-refractivity contribution in [1.82, 2.24) is 0 Å². The first-order valence-corrected chi connectivity index (χ1v) is 7.51. The summed E-state index contributed by atoms with van der Waals surface area (Å²) in [5.41, 5.74) is -0.515. The van der Waals surface area contributed by atoms with Crippen molar-refractivity contribution in [3.8, 4) is 5.75 Å². The Morgan fingerprint density at radius 3 is 2.52 bits per heavy atom. The largest absolute Gasteiger partial charge is 0.506 e. The van der Waals surface area contributed by atoms with E-state index in [1.165, 1.54) is 12.1 Å². The average Bonchev–Trinajstić information content (AvgIpc) is 2.46. The maximum Gasteiger partial charge on any atom is 0.354 e. The van der Waals surface area contributed by atoms with Gasteiger partial charge in [-0.15, -0.1) is 0 Å². The van der Waals surface area contributed by atoms with E-state index in [9.17, 15) is 9.90 Å². The number of aromatic hydroxyl groups is 1. The van der Waals surface area contributed by atoms with Crippen molar-refractivity contribution >= 4 is 45.9 Å². The molecule has 0 spiro atoms. The zero-order valence-electron chi connectivity index (χ0n) is 10.5. The average molecular weight is 339 g/mol. The second-order valence-electron chi connectivity index (χ2n) is 4.25. The molecule has 0 aliphatic carbocycles. The highest BCUT2D eigenvalue weighted by Crippen LogP contribution is 2.39. The van der Waals surface area contributed by atoms with E-state index in [0.29, 0.717) is 10.4 Å². The third kappa shape index (κ3) is 2.75. The van der Waals surface area contributed by atoms with Crippen LogP contribution in [0.3, 0.4) is 0 Å². The highest BCUT2D eigenvalue weighted by atomic mass is 35.5. The summed E-state index contributed by atoms with van der Waals surface area (Å²) in [7, 11) is 0. The Balaban J connectivity index is 2.22. The minimum atomic E-state index is -0.641. The van der Waals surface area contributed by atoms with Crippen molar-refractivity contribution in [3.05, 3.63) is 62.9 Å². The van der Waals surface area contributed by atoms with Gasteiger partial charge in [0.05, 0.1) is 10.4 Å². The van der Waals surface area contributed by atoms with Crippen molar-refractivity contribution in [2.45, 2.75) is 9.79 Å². The summed E-state index contributed by atoms with van der Waals surface area (Å²) in [5.74, 6) is -0.181. The predicted octanol–water partition coefficient (Wildman–Crippen LogP) is 4.96. The third-order valence-corrected chi connectivity index (χ3v) is 4.39. The van der Waals surface area contributed by atoms with Crippen LogP contribution in [-0.4, -0.2) is 5.11 Å². The number of hydrogen-bond donors (Lipinski definition) is 1. The molecule has 3 nitrogen and oxygen atoms in total. The normalized spacial score (nSPS) is 11.0. The smallest absolute Gasteiger partial charge is 0.354 e. The van der Waals surface area contributed by atoms with Crippen molar-refractivity contribution in [1.29, 1.82) is 0 Å². The lowest BCUT2D eigenvalue weighted by Crippen LogP contribution is -2.02. The fraction of sp³-hybridized carbons (Fsp3) is 0. The molecule has 21 heavy (non-hydrogen) atoms. The molecular weight excluding hydrogens is 331 g/mol. The quantitative estimate of drug-likeness (QED) is 0.671. The van der Waals surface area contributed by atoms with Crippen LogP contribution < -0.4 is 5.63 Å². The second kappa shape index (κ2) is 5.64. The van der Waals surface area contributed by atoms with Crippen LogP contribution in [0.1, 0.15) is 0 Å². The lowest BCUT2D eigenvalue weighted by Gasteiger charge is -2.07. The minimum absolute atomic E-state index is 0.104. The number of halogens is 2. The van der Waals surface area contributed by atoms with Crippen LogP contribution in [0.25, 0.3) is 11.0 Å².